The Morgan fingerprint density at radius 3 is 2.76 bits per heavy atom. The highest BCUT2D eigenvalue weighted by Crippen LogP contribution is 2.31. The van der Waals surface area contributed by atoms with Gasteiger partial charge in [-0.1, -0.05) is 29.2 Å². The topological polar surface area (TPSA) is 88.5 Å². The van der Waals surface area contributed by atoms with E-state index in [0.29, 0.717) is 5.69 Å². The minimum absolute atomic E-state index is 0.0329. The number of amidine groups is 1. The van der Waals surface area contributed by atoms with Crippen molar-refractivity contribution in [2.45, 2.75) is 13.7 Å². The Hall–Kier alpha value is -1.12. The molecule has 0 amide bonds. The quantitative estimate of drug-likeness (QED) is 0.507. The molecule has 2 aromatic rings. The summed E-state index contributed by atoms with van der Waals surface area (Å²) >= 11 is 4.51. The first-order valence-corrected chi connectivity index (χ1v) is 7.41. The van der Waals surface area contributed by atoms with Crippen LogP contribution in [0.3, 0.4) is 0 Å². The molecular weight excluding hydrogens is 274 g/mol. The van der Waals surface area contributed by atoms with E-state index >= 15 is 0 Å². The van der Waals surface area contributed by atoms with Crippen LogP contribution in [0.1, 0.15) is 5.69 Å². The summed E-state index contributed by atoms with van der Waals surface area (Å²) in [5, 5.41) is 16.1. The Labute approximate surface area is 111 Å². The van der Waals surface area contributed by atoms with Crippen LogP contribution in [0.15, 0.2) is 31.9 Å². The Kier molecular flexibility index (Phi) is 3.97. The number of nitrogen functional groups attached to an aromatic ring is 1. The average molecular weight is 283 g/mol. The molecule has 0 unspecified atom stereocenters. The number of hydrogen-bond donors (Lipinski definition) is 2. The fourth-order valence-corrected chi connectivity index (χ4v) is 3.41. The van der Waals surface area contributed by atoms with Crippen LogP contribution >= 0.6 is 34.9 Å². The number of thioether (sulfide) groups is 1. The number of aromatic nitrogens is 3. The molecule has 0 aliphatic carbocycles. The number of rotatable bonds is 4. The van der Waals surface area contributed by atoms with Crippen LogP contribution < -0.4 is 5.73 Å². The van der Waals surface area contributed by atoms with E-state index in [9.17, 15) is 0 Å². The van der Waals surface area contributed by atoms with E-state index in [1.165, 1.54) is 23.1 Å². The first-order valence-electron chi connectivity index (χ1n) is 4.56. The second kappa shape index (κ2) is 5.48. The van der Waals surface area contributed by atoms with Crippen molar-refractivity contribution in [3.63, 3.8) is 0 Å². The molecular formula is C9H9N5S3. The fraction of sp³-hybridized carbons (Fsp3) is 0.111. The van der Waals surface area contributed by atoms with Gasteiger partial charge in [-0.3, -0.25) is 5.41 Å². The summed E-state index contributed by atoms with van der Waals surface area (Å²) in [6, 6.07) is 5.39. The molecule has 2 heterocycles. The molecule has 0 spiro atoms. The summed E-state index contributed by atoms with van der Waals surface area (Å²) in [7, 11) is 0. The summed E-state index contributed by atoms with van der Waals surface area (Å²) in [5.74, 6) is -0.0329. The minimum atomic E-state index is -0.0329. The van der Waals surface area contributed by atoms with Crippen molar-refractivity contribution >= 4 is 40.7 Å². The molecule has 5 nitrogen and oxygen atoms in total. The Morgan fingerprint density at radius 1 is 1.35 bits per heavy atom. The molecule has 0 atom stereocenters. The third-order valence-electron chi connectivity index (χ3n) is 1.75. The van der Waals surface area contributed by atoms with Crippen LogP contribution in [0, 0.1) is 5.41 Å². The molecule has 2 aromatic heterocycles. The Bertz CT molecular complexity index is 539. The first kappa shape index (κ1) is 12.3. The zero-order valence-electron chi connectivity index (χ0n) is 8.88. The lowest BCUT2D eigenvalue weighted by Gasteiger charge is -1.99. The predicted octanol–water partition coefficient (Wildman–Crippen LogP) is 2.09. The van der Waals surface area contributed by atoms with Gasteiger partial charge in [-0.2, -0.15) is 0 Å². The lowest BCUT2D eigenvalue weighted by atomic mass is 10.3. The predicted molar refractivity (Wildman–Crippen MR) is 71.1 cm³/mol. The van der Waals surface area contributed by atoms with Gasteiger partial charge in [0.2, 0.25) is 0 Å². The maximum absolute atomic E-state index is 7.32. The lowest BCUT2D eigenvalue weighted by Crippen LogP contribution is -2.12. The van der Waals surface area contributed by atoms with E-state index in [4.69, 9.17) is 11.1 Å². The summed E-state index contributed by atoms with van der Waals surface area (Å²) < 4.78 is 1.76. The SMILES string of the molecule is CSc1nnc(Sc2cccc(C(=N)N)n2)s1. The molecule has 2 rings (SSSR count). The van der Waals surface area contributed by atoms with Gasteiger partial charge in [-0.25, -0.2) is 4.98 Å². The van der Waals surface area contributed by atoms with Crippen molar-refractivity contribution in [1.82, 2.24) is 15.2 Å². The van der Waals surface area contributed by atoms with Crippen molar-refractivity contribution < 1.29 is 0 Å². The molecule has 0 bridgehead atoms. The van der Waals surface area contributed by atoms with Gasteiger partial charge in [0.05, 0.1) is 0 Å². The average Bonchev–Trinajstić information content (AvgIpc) is 2.77. The van der Waals surface area contributed by atoms with Crippen molar-refractivity contribution in [2.24, 2.45) is 5.73 Å². The molecule has 0 saturated heterocycles. The van der Waals surface area contributed by atoms with Crippen molar-refractivity contribution in [1.29, 1.82) is 5.41 Å². The number of nitrogens with zero attached hydrogens (tertiary/aromatic N) is 3. The van der Waals surface area contributed by atoms with E-state index in [1.54, 1.807) is 17.8 Å². The van der Waals surface area contributed by atoms with E-state index in [0.717, 1.165) is 13.7 Å². The smallest absolute Gasteiger partial charge is 0.181 e. The molecule has 0 aromatic carbocycles. The van der Waals surface area contributed by atoms with Crippen molar-refractivity contribution in [3.05, 3.63) is 23.9 Å². The minimum Gasteiger partial charge on any atom is -0.382 e. The zero-order valence-corrected chi connectivity index (χ0v) is 11.3. The Balaban J connectivity index is 2.18. The summed E-state index contributed by atoms with van der Waals surface area (Å²) in [6.45, 7) is 0. The largest absolute Gasteiger partial charge is 0.382 e. The zero-order chi connectivity index (χ0) is 12.3. The monoisotopic (exact) mass is 283 g/mol. The standard InChI is InChI=1S/C9H9N5S3/c1-15-8-13-14-9(17-8)16-6-4-2-3-5(12-6)7(10)11/h2-4H,1H3,(H3,10,11). The second-order valence-corrected chi connectivity index (χ2v) is 6.21. The van der Waals surface area contributed by atoms with Crippen LogP contribution in [0.4, 0.5) is 0 Å². The van der Waals surface area contributed by atoms with E-state index < -0.39 is 0 Å². The van der Waals surface area contributed by atoms with E-state index in [-0.39, 0.29) is 5.84 Å². The van der Waals surface area contributed by atoms with E-state index in [2.05, 4.69) is 15.2 Å². The third kappa shape index (κ3) is 3.18. The lowest BCUT2D eigenvalue weighted by molar-refractivity contribution is 0.953. The molecule has 0 fully saturated rings. The summed E-state index contributed by atoms with van der Waals surface area (Å²) in [6.07, 6.45) is 1.96. The maximum atomic E-state index is 7.32. The van der Waals surface area contributed by atoms with Gasteiger partial charge in [0.25, 0.3) is 0 Å². The highest BCUT2D eigenvalue weighted by molar-refractivity contribution is 8.02. The van der Waals surface area contributed by atoms with Gasteiger partial charge >= 0.3 is 0 Å². The molecule has 3 N–H and O–H groups in total. The molecule has 88 valence electrons. The summed E-state index contributed by atoms with van der Waals surface area (Å²) in [4.78, 5) is 4.25. The maximum Gasteiger partial charge on any atom is 0.181 e. The number of hydrogen-bond acceptors (Lipinski definition) is 7. The molecule has 0 aliphatic rings. The second-order valence-electron chi connectivity index (χ2n) is 2.91. The van der Waals surface area contributed by atoms with Gasteiger partial charge in [0, 0.05) is 0 Å². The van der Waals surface area contributed by atoms with Crippen LogP contribution in [0.5, 0.6) is 0 Å². The van der Waals surface area contributed by atoms with Crippen LogP contribution in [-0.2, 0) is 0 Å². The van der Waals surface area contributed by atoms with Gasteiger partial charge in [0.1, 0.15) is 16.6 Å². The Morgan fingerprint density at radius 2 is 2.12 bits per heavy atom. The van der Waals surface area contributed by atoms with Gasteiger partial charge in [0.15, 0.2) is 8.68 Å². The fourth-order valence-electron chi connectivity index (χ4n) is 1.03. The van der Waals surface area contributed by atoms with Crippen LogP contribution in [-0.4, -0.2) is 27.3 Å². The number of nitrogens with two attached hydrogens (primary N) is 1. The van der Waals surface area contributed by atoms with Gasteiger partial charge in [-0.15, -0.1) is 10.2 Å². The van der Waals surface area contributed by atoms with Crippen LogP contribution in [0.2, 0.25) is 0 Å². The number of pyridine rings is 1. The number of nitrogens with one attached hydrogen (secondary N) is 1. The highest BCUT2D eigenvalue weighted by atomic mass is 32.2. The highest BCUT2D eigenvalue weighted by Gasteiger charge is 2.07. The molecule has 0 saturated carbocycles. The third-order valence-corrected chi connectivity index (χ3v) is 4.64. The molecule has 0 aliphatic heterocycles. The van der Waals surface area contributed by atoms with Crippen molar-refractivity contribution in [2.75, 3.05) is 6.26 Å². The van der Waals surface area contributed by atoms with Gasteiger partial charge in [-0.05, 0) is 30.2 Å². The van der Waals surface area contributed by atoms with Gasteiger partial charge < -0.3 is 5.73 Å². The van der Waals surface area contributed by atoms with E-state index in [1.807, 2.05) is 18.4 Å². The molecule has 0 radical (unpaired) electrons. The van der Waals surface area contributed by atoms with Crippen molar-refractivity contribution in [3.8, 4) is 0 Å². The summed E-state index contributed by atoms with van der Waals surface area (Å²) in [5.41, 5.74) is 5.86. The molecule has 17 heavy (non-hydrogen) atoms. The van der Waals surface area contributed by atoms with Crippen LogP contribution in [0.25, 0.3) is 0 Å². The molecule has 8 heteroatoms. The normalized spacial score (nSPS) is 10.4. The first-order chi connectivity index (χ1) is 8.19.